The Morgan fingerprint density at radius 3 is 2.71 bits per heavy atom. The first-order valence-electron chi connectivity index (χ1n) is 7.39. The molecule has 0 saturated carbocycles. The second-order valence-corrected chi connectivity index (χ2v) is 5.69. The molecule has 0 radical (unpaired) electrons. The minimum absolute atomic E-state index is 0.00147. The first-order chi connectivity index (χ1) is 10.1. The molecule has 3 heteroatoms. The number of nitrogens with one attached hydrogen (secondary N) is 1. The van der Waals surface area contributed by atoms with Gasteiger partial charge >= 0.3 is 0 Å². The van der Waals surface area contributed by atoms with Gasteiger partial charge in [0.05, 0.1) is 5.92 Å². The van der Waals surface area contributed by atoms with Crippen molar-refractivity contribution >= 4 is 11.6 Å². The summed E-state index contributed by atoms with van der Waals surface area (Å²) >= 11 is 0. The van der Waals surface area contributed by atoms with Crippen LogP contribution in [0.4, 0.5) is 5.69 Å². The van der Waals surface area contributed by atoms with Gasteiger partial charge in [0.2, 0.25) is 5.91 Å². The number of benzene rings is 2. The lowest BCUT2D eigenvalue weighted by Gasteiger charge is -2.14. The van der Waals surface area contributed by atoms with Crippen molar-refractivity contribution in [3.05, 3.63) is 65.2 Å². The highest BCUT2D eigenvalue weighted by atomic mass is 16.2. The molecule has 2 aromatic rings. The number of rotatable bonds is 4. The molecule has 1 amide bonds. The lowest BCUT2D eigenvalue weighted by Crippen LogP contribution is -2.11. The number of carbonyl (C=O) groups is 1. The number of hydrogen-bond donors (Lipinski definition) is 2. The molecule has 2 aromatic carbocycles. The van der Waals surface area contributed by atoms with Gasteiger partial charge in [-0.25, -0.2) is 0 Å². The average molecular weight is 280 g/mol. The molecule has 0 spiro atoms. The van der Waals surface area contributed by atoms with Gasteiger partial charge in [0.1, 0.15) is 0 Å². The van der Waals surface area contributed by atoms with Crippen LogP contribution in [0.1, 0.15) is 42.0 Å². The molecular formula is C18H20N2O. The molecule has 108 valence electrons. The fourth-order valence-electron chi connectivity index (χ4n) is 2.80. The number of aryl methyl sites for hydroxylation is 1. The maximum absolute atomic E-state index is 11.7. The third-order valence-corrected chi connectivity index (χ3v) is 4.21. The minimum atomic E-state index is -0.0822. The summed E-state index contributed by atoms with van der Waals surface area (Å²) in [7, 11) is 0. The first-order valence-corrected chi connectivity index (χ1v) is 7.39. The van der Waals surface area contributed by atoms with E-state index >= 15 is 0 Å². The van der Waals surface area contributed by atoms with E-state index in [4.69, 9.17) is 5.73 Å². The minimum Gasteiger partial charge on any atom is -0.325 e. The van der Waals surface area contributed by atoms with E-state index in [1.807, 2.05) is 25.1 Å². The van der Waals surface area contributed by atoms with E-state index in [2.05, 4.69) is 35.6 Å². The SMILES string of the molecule is CC1C(=O)Nc2ccc(C(N)CCc3ccccc3)cc21. The largest absolute Gasteiger partial charge is 0.325 e. The monoisotopic (exact) mass is 280 g/mol. The normalized spacial score (nSPS) is 18.2. The Hall–Kier alpha value is -2.13. The van der Waals surface area contributed by atoms with Crippen LogP contribution in [0.3, 0.4) is 0 Å². The van der Waals surface area contributed by atoms with Gasteiger partial charge in [0.25, 0.3) is 0 Å². The zero-order chi connectivity index (χ0) is 14.8. The Bertz CT molecular complexity index is 652. The fourth-order valence-corrected chi connectivity index (χ4v) is 2.80. The number of anilines is 1. The molecule has 0 aromatic heterocycles. The van der Waals surface area contributed by atoms with Crippen molar-refractivity contribution in [2.24, 2.45) is 5.73 Å². The predicted octanol–water partition coefficient (Wildman–Crippen LogP) is 3.37. The summed E-state index contributed by atoms with van der Waals surface area (Å²) in [6.45, 7) is 1.93. The average Bonchev–Trinajstić information content (AvgIpc) is 2.80. The van der Waals surface area contributed by atoms with Gasteiger partial charge < -0.3 is 11.1 Å². The molecular weight excluding hydrogens is 260 g/mol. The quantitative estimate of drug-likeness (QED) is 0.902. The van der Waals surface area contributed by atoms with Crippen molar-refractivity contribution in [1.29, 1.82) is 0 Å². The predicted molar refractivity (Wildman–Crippen MR) is 85.2 cm³/mol. The van der Waals surface area contributed by atoms with Gasteiger partial charge in [-0.3, -0.25) is 4.79 Å². The lowest BCUT2D eigenvalue weighted by atomic mass is 9.95. The number of hydrogen-bond acceptors (Lipinski definition) is 2. The van der Waals surface area contributed by atoms with E-state index in [9.17, 15) is 4.79 Å². The van der Waals surface area contributed by atoms with Crippen molar-refractivity contribution in [2.75, 3.05) is 5.32 Å². The molecule has 1 aliphatic heterocycles. The molecule has 3 rings (SSSR count). The Balaban J connectivity index is 1.71. The smallest absolute Gasteiger partial charge is 0.231 e. The van der Waals surface area contributed by atoms with E-state index in [-0.39, 0.29) is 17.9 Å². The molecule has 0 aliphatic carbocycles. The van der Waals surface area contributed by atoms with Gasteiger partial charge in [-0.15, -0.1) is 0 Å². The number of nitrogens with two attached hydrogens (primary N) is 1. The Morgan fingerprint density at radius 1 is 1.19 bits per heavy atom. The molecule has 0 bridgehead atoms. The van der Waals surface area contributed by atoms with Crippen molar-refractivity contribution < 1.29 is 4.79 Å². The Labute approximate surface area is 125 Å². The van der Waals surface area contributed by atoms with Crippen LogP contribution in [0.15, 0.2) is 48.5 Å². The van der Waals surface area contributed by atoms with E-state index in [0.717, 1.165) is 29.7 Å². The molecule has 1 aliphatic rings. The molecule has 1 heterocycles. The third kappa shape index (κ3) is 2.83. The standard InChI is InChI=1S/C18H20N2O/c1-12-15-11-14(8-10-17(15)20-18(12)21)16(19)9-7-13-5-3-2-4-6-13/h2-6,8,10-12,16H,7,9,19H2,1H3,(H,20,21). The van der Waals surface area contributed by atoms with Crippen molar-refractivity contribution in [3.8, 4) is 0 Å². The van der Waals surface area contributed by atoms with Crippen LogP contribution in [-0.2, 0) is 11.2 Å². The zero-order valence-corrected chi connectivity index (χ0v) is 12.2. The molecule has 2 unspecified atom stereocenters. The van der Waals surface area contributed by atoms with Crippen LogP contribution in [-0.4, -0.2) is 5.91 Å². The summed E-state index contributed by atoms with van der Waals surface area (Å²) in [5.74, 6) is -0.0127. The van der Waals surface area contributed by atoms with Gasteiger partial charge in [-0.2, -0.15) is 0 Å². The van der Waals surface area contributed by atoms with Crippen molar-refractivity contribution in [2.45, 2.75) is 31.7 Å². The molecule has 0 fully saturated rings. The highest BCUT2D eigenvalue weighted by Gasteiger charge is 2.26. The lowest BCUT2D eigenvalue weighted by molar-refractivity contribution is -0.116. The summed E-state index contributed by atoms with van der Waals surface area (Å²) in [6.07, 6.45) is 1.87. The molecule has 2 atom stereocenters. The van der Waals surface area contributed by atoms with Crippen molar-refractivity contribution in [1.82, 2.24) is 0 Å². The molecule has 3 nitrogen and oxygen atoms in total. The molecule has 21 heavy (non-hydrogen) atoms. The number of carbonyl (C=O) groups excluding carboxylic acids is 1. The summed E-state index contributed by atoms with van der Waals surface area (Å²) < 4.78 is 0. The topological polar surface area (TPSA) is 55.1 Å². The Kier molecular flexibility index (Phi) is 3.76. The van der Waals surface area contributed by atoms with Crippen LogP contribution in [0, 0.1) is 0 Å². The van der Waals surface area contributed by atoms with E-state index < -0.39 is 0 Å². The summed E-state index contributed by atoms with van der Waals surface area (Å²) in [6, 6.07) is 16.4. The van der Waals surface area contributed by atoms with E-state index in [1.54, 1.807) is 0 Å². The second kappa shape index (κ2) is 5.70. The van der Waals surface area contributed by atoms with Crippen LogP contribution < -0.4 is 11.1 Å². The Morgan fingerprint density at radius 2 is 1.95 bits per heavy atom. The van der Waals surface area contributed by atoms with Crippen molar-refractivity contribution in [3.63, 3.8) is 0 Å². The highest BCUT2D eigenvalue weighted by Crippen LogP contribution is 2.34. The number of amides is 1. The molecule has 0 saturated heterocycles. The summed E-state index contributed by atoms with van der Waals surface area (Å²) in [5.41, 5.74) is 10.7. The van der Waals surface area contributed by atoms with Gasteiger partial charge in [-0.1, -0.05) is 42.5 Å². The fraction of sp³-hybridized carbons (Fsp3) is 0.278. The van der Waals surface area contributed by atoms with E-state index in [1.165, 1.54) is 5.56 Å². The zero-order valence-electron chi connectivity index (χ0n) is 12.2. The summed E-state index contributed by atoms with van der Waals surface area (Å²) in [4.78, 5) is 11.7. The van der Waals surface area contributed by atoms with Crippen LogP contribution in [0.2, 0.25) is 0 Å². The van der Waals surface area contributed by atoms with Crippen LogP contribution in [0.25, 0.3) is 0 Å². The molecule has 3 N–H and O–H groups in total. The third-order valence-electron chi connectivity index (χ3n) is 4.21. The van der Waals surface area contributed by atoms with Gasteiger partial charge in [-0.05, 0) is 42.5 Å². The highest BCUT2D eigenvalue weighted by molar-refractivity contribution is 6.02. The van der Waals surface area contributed by atoms with Gasteiger partial charge in [0.15, 0.2) is 0 Å². The van der Waals surface area contributed by atoms with Crippen LogP contribution >= 0.6 is 0 Å². The van der Waals surface area contributed by atoms with E-state index in [0.29, 0.717) is 0 Å². The van der Waals surface area contributed by atoms with Gasteiger partial charge in [0, 0.05) is 11.7 Å². The second-order valence-electron chi connectivity index (χ2n) is 5.69. The maximum atomic E-state index is 11.7. The summed E-state index contributed by atoms with van der Waals surface area (Å²) in [5, 5.41) is 2.89. The number of fused-ring (bicyclic) bond motifs is 1. The van der Waals surface area contributed by atoms with Crippen LogP contribution in [0.5, 0.6) is 0 Å². The first kappa shape index (κ1) is 13.8. The maximum Gasteiger partial charge on any atom is 0.231 e.